The molecule has 0 aromatic heterocycles. The van der Waals surface area contributed by atoms with E-state index in [1.807, 2.05) is 6.08 Å². The summed E-state index contributed by atoms with van der Waals surface area (Å²) in [6.45, 7) is 15.2. The van der Waals surface area contributed by atoms with E-state index in [-0.39, 0.29) is 0 Å². The van der Waals surface area contributed by atoms with E-state index in [9.17, 15) is 0 Å². The van der Waals surface area contributed by atoms with Gasteiger partial charge in [-0.15, -0.1) is 6.58 Å². The van der Waals surface area contributed by atoms with Gasteiger partial charge in [0.05, 0.1) is 0 Å². The van der Waals surface area contributed by atoms with Crippen LogP contribution in [0.2, 0.25) is 0 Å². The first-order valence-corrected chi connectivity index (χ1v) is 4.28. The summed E-state index contributed by atoms with van der Waals surface area (Å²) in [5, 5.41) is 0. The van der Waals surface area contributed by atoms with Gasteiger partial charge >= 0.3 is 0 Å². The van der Waals surface area contributed by atoms with Crippen molar-refractivity contribution >= 4 is 0 Å². The molecule has 1 fully saturated rings. The van der Waals surface area contributed by atoms with Crippen LogP contribution in [0.5, 0.6) is 0 Å². The Kier molecular flexibility index (Phi) is 1.87. The minimum atomic E-state index is 0.348. The van der Waals surface area contributed by atoms with Crippen molar-refractivity contribution in [3.8, 4) is 0 Å². The normalized spacial score (nSPS) is 27.6. The van der Waals surface area contributed by atoms with E-state index in [1.165, 1.54) is 6.54 Å². The summed E-state index contributed by atoms with van der Waals surface area (Å²) < 4.78 is 0. The second-order valence-electron chi connectivity index (χ2n) is 4.61. The second kappa shape index (κ2) is 2.34. The third-order valence-electron chi connectivity index (χ3n) is 3.38. The zero-order valence-electron chi connectivity index (χ0n) is 8.15. The standard InChI is InChI=1S/C10H19N/c1-6-7-11-8-9(2,3)10(11,4)5/h6H,1,7-8H2,2-5H3. The van der Waals surface area contributed by atoms with Gasteiger partial charge in [-0.2, -0.15) is 0 Å². The molecular weight excluding hydrogens is 134 g/mol. The van der Waals surface area contributed by atoms with Crippen molar-refractivity contribution in [1.29, 1.82) is 0 Å². The zero-order valence-corrected chi connectivity index (χ0v) is 8.15. The lowest BCUT2D eigenvalue weighted by Crippen LogP contribution is -2.68. The Morgan fingerprint density at radius 2 is 1.91 bits per heavy atom. The molecular formula is C10H19N. The molecule has 11 heavy (non-hydrogen) atoms. The maximum absolute atomic E-state index is 3.75. The molecule has 1 aliphatic rings. The van der Waals surface area contributed by atoms with E-state index in [0.29, 0.717) is 11.0 Å². The number of hydrogen-bond donors (Lipinski definition) is 0. The molecule has 1 nitrogen and oxygen atoms in total. The van der Waals surface area contributed by atoms with E-state index < -0.39 is 0 Å². The molecule has 0 atom stereocenters. The van der Waals surface area contributed by atoms with Crippen LogP contribution in [0.25, 0.3) is 0 Å². The fourth-order valence-electron chi connectivity index (χ4n) is 1.65. The summed E-state index contributed by atoms with van der Waals surface area (Å²) in [6, 6.07) is 0. The first-order chi connectivity index (χ1) is 4.92. The number of hydrogen-bond acceptors (Lipinski definition) is 1. The first kappa shape index (κ1) is 8.79. The Bertz CT molecular complexity index is 168. The number of rotatable bonds is 2. The summed E-state index contributed by atoms with van der Waals surface area (Å²) in [7, 11) is 0. The third-order valence-corrected chi connectivity index (χ3v) is 3.38. The van der Waals surface area contributed by atoms with Crippen LogP contribution >= 0.6 is 0 Å². The maximum Gasteiger partial charge on any atom is 0.0219 e. The molecule has 1 rings (SSSR count). The van der Waals surface area contributed by atoms with Crippen molar-refractivity contribution in [2.45, 2.75) is 33.2 Å². The van der Waals surface area contributed by atoms with Gasteiger partial charge in [-0.25, -0.2) is 0 Å². The molecule has 0 aromatic rings. The summed E-state index contributed by atoms with van der Waals surface area (Å²) in [4.78, 5) is 2.46. The Labute approximate surface area is 70.1 Å². The smallest absolute Gasteiger partial charge is 0.0219 e. The Morgan fingerprint density at radius 3 is 2.18 bits per heavy atom. The van der Waals surface area contributed by atoms with Crippen molar-refractivity contribution < 1.29 is 0 Å². The molecule has 0 radical (unpaired) electrons. The van der Waals surface area contributed by atoms with Crippen LogP contribution in [-0.4, -0.2) is 23.5 Å². The molecule has 1 heterocycles. The van der Waals surface area contributed by atoms with E-state index in [0.717, 1.165) is 6.54 Å². The van der Waals surface area contributed by atoms with E-state index in [1.54, 1.807) is 0 Å². The summed E-state index contributed by atoms with van der Waals surface area (Å²) in [6.07, 6.45) is 1.98. The predicted molar refractivity (Wildman–Crippen MR) is 49.6 cm³/mol. The molecule has 0 aliphatic carbocycles. The molecule has 64 valence electrons. The Morgan fingerprint density at radius 1 is 1.36 bits per heavy atom. The molecule has 0 amide bonds. The SMILES string of the molecule is C=CCN1CC(C)(C)C1(C)C. The lowest BCUT2D eigenvalue weighted by molar-refractivity contribution is -0.108. The molecule has 0 N–H and O–H groups in total. The topological polar surface area (TPSA) is 3.24 Å². The monoisotopic (exact) mass is 153 g/mol. The highest BCUT2D eigenvalue weighted by atomic mass is 15.3. The predicted octanol–water partition coefficient (Wildman–Crippen LogP) is 2.29. The highest BCUT2D eigenvalue weighted by Gasteiger charge is 2.51. The fraction of sp³-hybridized carbons (Fsp3) is 0.800. The van der Waals surface area contributed by atoms with Gasteiger partial charge in [0.15, 0.2) is 0 Å². The largest absolute Gasteiger partial charge is 0.293 e. The van der Waals surface area contributed by atoms with Crippen LogP contribution in [0.1, 0.15) is 27.7 Å². The van der Waals surface area contributed by atoms with Gasteiger partial charge in [-0.1, -0.05) is 19.9 Å². The minimum absolute atomic E-state index is 0.348. The van der Waals surface area contributed by atoms with Gasteiger partial charge in [-0.05, 0) is 19.3 Å². The van der Waals surface area contributed by atoms with Crippen molar-refractivity contribution in [3.05, 3.63) is 12.7 Å². The van der Waals surface area contributed by atoms with Crippen LogP contribution in [0.15, 0.2) is 12.7 Å². The van der Waals surface area contributed by atoms with Gasteiger partial charge in [0.2, 0.25) is 0 Å². The van der Waals surface area contributed by atoms with Gasteiger partial charge < -0.3 is 0 Å². The van der Waals surface area contributed by atoms with Crippen molar-refractivity contribution in [3.63, 3.8) is 0 Å². The Hall–Kier alpha value is -0.300. The minimum Gasteiger partial charge on any atom is -0.293 e. The molecule has 1 saturated heterocycles. The summed E-state index contributed by atoms with van der Waals surface area (Å²) >= 11 is 0. The molecule has 0 bridgehead atoms. The zero-order chi connectivity index (χ0) is 8.70. The van der Waals surface area contributed by atoms with E-state index in [4.69, 9.17) is 0 Å². The van der Waals surface area contributed by atoms with Crippen LogP contribution in [-0.2, 0) is 0 Å². The van der Waals surface area contributed by atoms with Crippen molar-refractivity contribution in [2.24, 2.45) is 5.41 Å². The second-order valence-corrected chi connectivity index (χ2v) is 4.61. The lowest BCUT2D eigenvalue weighted by atomic mass is 9.65. The highest BCUT2D eigenvalue weighted by Crippen LogP contribution is 2.45. The maximum atomic E-state index is 3.75. The molecule has 1 heteroatoms. The molecule has 0 unspecified atom stereocenters. The van der Waals surface area contributed by atoms with Crippen LogP contribution in [0.3, 0.4) is 0 Å². The number of likely N-dealkylation sites (tertiary alicyclic amines) is 1. The van der Waals surface area contributed by atoms with Gasteiger partial charge in [-0.3, -0.25) is 4.90 Å². The molecule has 0 spiro atoms. The average Bonchev–Trinajstić information content (AvgIpc) is 1.87. The van der Waals surface area contributed by atoms with Crippen molar-refractivity contribution in [1.82, 2.24) is 4.90 Å². The van der Waals surface area contributed by atoms with Crippen LogP contribution in [0.4, 0.5) is 0 Å². The lowest BCUT2D eigenvalue weighted by Gasteiger charge is -2.61. The number of nitrogens with zero attached hydrogens (tertiary/aromatic N) is 1. The van der Waals surface area contributed by atoms with Gasteiger partial charge in [0.1, 0.15) is 0 Å². The van der Waals surface area contributed by atoms with E-state index in [2.05, 4.69) is 39.2 Å². The van der Waals surface area contributed by atoms with Gasteiger partial charge in [0, 0.05) is 18.6 Å². The third kappa shape index (κ3) is 1.12. The summed E-state index contributed by atoms with van der Waals surface area (Å²) in [5.74, 6) is 0. The Balaban J connectivity index is 2.61. The summed E-state index contributed by atoms with van der Waals surface area (Å²) in [5.41, 5.74) is 0.817. The molecule has 0 aromatic carbocycles. The van der Waals surface area contributed by atoms with Crippen LogP contribution in [0, 0.1) is 5.41 Å². The highest BCUT2D eigenvalue weighted by molar-refractivity contribution is 5.07. The molecule has 1 aliphatic heterocycles. The quantitative estimate of drug-likeness (QED) is 0.550. The van der Waals surface area contributed by atoms with Crippen LogP contribution < -0.4 is 0 Å². The molecule has 0 saturated carbocycles. The van der Waals surface area contributed by atoms with E-state index >= 15 is 0 Å². The fourth-order valence-corrected chi connectivity index (χ4v) is 1.65. The van der Waals surface area contributed by atoms with Gasteiger partial charge in [0.25, 0.3) is 0 Å². The first-order valence-electron chi connectivity index (χ1n) is 4.28. The van der Waals surface area contributed by atoms with Crippen molar-refractivity contribution in [2.75, 3.05) is 13.1 Å². The average molecular weight is 153 g/mol.